The summed E-state index contributed by atoms with van der Waals surface area (Å²) in [5.41, 5.74) is 1.24. The van der Waals surface area contributed by atoms with E-state index < -0.39 is 12.0 Å². The van der Waals surface area contributed by atoms with Crippen molar-refractivity contribution in [2.24, 2.45) is 0 Å². The molecule has 0 radical (unpaired) electrons. The molecule has 1 aromatic rings. The fourth-order valence-corrected chi connectivity index (χ4v) is 2.25. The summed E-state index contributed by atoms with van der Waals surface area (Å²) in [6.07, 6.45) is 0.0340. The fraction of sp³-hybridized carbons (Fsp3) is 0.333. The Morgan fingerprint density at radius 3 is 2.88 bits per heavy atom. The fourth-order valence-electron chi connectivity index (χ4n) is 1.53. The highest BCUT2D eigenvalue weighted by atomic mass is 32.1. The van der Waals surface area contributed by atoms with Crippen LogP contribution < -0.4 is 5.32 Å². The molecule has 90 valence electrons. The molecule has 2 N–H and O–H groups in total. The van der Waals surface area contributed by atoms with E-state index in [2.05, 4.69) is 10.3 Å². The van der Waals surface area contributed by atoms with E-state index in [4.69, 9.17) is 5.11 Å². The van der Waals surface area contributed by atoms with E-state index >= 15 is 0 Å². The number of carbonyl (C=O) groups is 3. The van der Waals surface area contributed by atoms with E-state index in [0.717, 1.165) is 16.2 Å². The second-order valence-electron chi connectivity index (χ2n) is 3.53. The van der Waals surface area contributed by atoms with E-state index in [1.807, 2.05) is 0 Å². The summed E-state index contributed by atoms with van der Waals surface area (Å²) in [6.45, 7) is 0. The Balaban J connectivity index is 2.17. The molecular weight excluding hydrogens is 246 g/mol. The third-order valence-corrected chi connectivity index (χ3v) is 3.21. The number of anilines is 1. The zero-order chi connectivity index (χ0) is 12.6. The van der Waals surface area contributed by atoms with Crippen molar-refractivity contribution in [3.8, 4) is 0 Å². The number of rotatable bonds is 3. The van der Waals surface area contributed by atoms with Crippen LogP contribution >= 0.6 is 11.3 Å². The number of aromatic nitrogens is 1. The Morgan fingerprint density at radius 1 is 1.65 bits per heavy atom. The van der Waals surface area contributed by atoms with Gasteiger partial charge in [-0.3, -0.25) is 14.5 Å². The van der Waals surface area contributed by atoms with Gasteiger partial charge in [-0.2, -0.15) is 0 Å². The number of nitrogens with one attached hydrogen (secondary N) is 1. The first-order valence-electron chi connectivity index (χ1n) is 4.74. The van der Waals surface area contributed by atoms with Crippen molar-refractivity contribution in [3.05, 3.63) is 11.2 Å². The number of amides is 2. The average molecular weight is 255 g/mol. The molecule has 1 aromatic heterocycles. The Labute approximate surface area is 100 Å². The van der Waals surface area contributed by atoms with Gasteiger partial charge in [-0.05, 0) is 0 Å². The Kier molecular flexibility index (Phi) is 2.80. The van der Waals surface area contributed by atoms with Gasteiger partial charge in [0.15, 0.2) is 5.69 Å². The molecule has 0 spiro atoms. The Hall–Kier alpha value is -1.96. The lowest BCUT2D eigenvalue weighted by molar-refractivity contribution is -0.136. The summed E-state index contributed by atoms with van der Waals surface area (Å²) in [6, 6.07) is -0.703. The number of aromatic carboxylic acids is 1. The molecule has 1 saturated heterocycles. The SMILES string of the molecule is CN1C(=O)CC(Nc2scnc2C(=O)O)C1=O. The van der Waals surface area contributed by atoms with Gasteiger partial charge >= 0.3 is 5.97 Å². The van der Waals surface area contributed by atoms with Crippen molar-refractivity contribution in [3.63, 3.8) is 0 Å². The van der Waals surface area contributed by atoms with Crippen LogP contribution in [0.3, 0.4) is 0 Å². The normalized spacial score (nSPS) is 19.8. The predicted molar refractivity (Wildman–Crippen MR) is 58.9 cm³/mol. The van der Waals surface area contributed by atoms with Gasteiger partial charge in [0, 0.05) is 7.05 Å². The number of likely N-dealkylation sites (N-methyl/N-ethyl adjacent to an activating group) is 1. The van der Waals surface area contributed by atoms with Gasteiger partial charge < -0.3 is 10.4 Å². The molecule has 1 unspecified atom stereocenters. The lowest BCUT2D eigenvalue weighted by Crippen LogP contribution is -2.31. The third kappa shape index (κ3) is 1.98. The molecule has 7 nitrogen and oxygen atoms in total. The molecule has 17 heavy (non-hydrogen) atoms. The van der Waals surface area contributed by atoms with Crippen LogP contribution in [-0.2, 0) is 9.59 Å². The second kappa shape index (κ2) is 4.13. The lowest BCUT2D eigenvalue weighted by Gasteiger charge is -2.10. The first-order valence-corrected chi connectivity index (χ1v) is 5.62. The summed E-state index contributed by atoms with van der Waals surface area (Å²) in [4.78, 5) is 38.4. The molecule has 0 saturated carbocycles. The van der Waals surface area contributed by atoms with Crippen LogP contribution in [0.1, 0.15) is 16.9 Å². The molecule has 1 aliphatic heterocycles. The lowest BCUT2D eigenvalue weighted by atomic mass is 10.2. The van der Waals surface area contributed by atoms with Crippen LogP contribution in [-0.4, -0.2) is 45.9 Å². The Morgan fingerprint density at radius 2 is 2.35 bits per heavy atom. The van der Waals surface area contributed by atoms with Crippen molar-refractivity contribution < 1.29 is 19.5 Å². The number of likely N-dealkylation sites (tertiary alicyclic amines) is 1. The van der Waals surface area contributed by atoms with Gasteiger partial charge in [0.2, 0.25) is 5.91 Å². The van der Waals surface area contributed by atoms with Crippen LogP contribution in [0, 0.1) is 0 Å². The number of hydrogen-bond acceptors (Lipinski definition) is 6. The molecule has 1 fully saturated rings. The van der Waals surface area contributed by atoms with Crippen LogP contribution in [0.25, 0.3) is 0 Å². The summed E-state index contributed by atoms with van der Waals surface area (Å²) in [7, 11) is 1.40. The van der Waals surface area contributed by atoms with Gasteiger partial charge in [-0.1, -0.05) is 0 Å². The highest BCUT2D eigenvalue weighted by Crippen LogP contribution is 2.24. The highest BCUT2D eigenvalue weighted by Gasteiger charge is 2.36. The molecule has 2 heterocycles. The maximum absolute atomic E-state index is 11.6. The quantitative estimate of drug-likeness (QED) is 0.738. The average Bonchev–Trinajstić information content (AvgIpc) is 2.81. The smallest absolute Gasteiger partial charge is 0.357 e. The van der Waals surface area contributed by atoms with E-state index in [-0.39, 0.29) is 23.9 Å². The van der Waals surface area contributed by atoms with E-state index in [0.29, 0.717) is 5.00 Å². The maximum atomic E-state index is 11.6. The number of imide groups is 1. The highest BCUT2D eigenvalue weighted by molar-refractivity contribution is 7.14. The van der Waals surface area contributed by atoms with Crippen LogP contribution in [0.2, 0.25) is 0 Å². The summed E-state index contributed by atoms with van der Waals surface area (Å²) >= 11 is 1.08. The van der Waals surface area contributed by atoms with Crippen LogP contribution in [0.5, 0.6) is 0 Å². The maximum Gasteiger partial charge on any atom is 0.357 e. The molecular formula is C9H9N3O4S. The molecule has 2 amide bonds. The summed E-state index contributed by atoms with van der Waals surface area (Å²) in [5.74, 6) is -1.81. The first kappa shape index (κ1) is 11.5. The zero-order valence-corrected chi connectivity index (χ0v) is 9.65. The van der Waals surface area contributed by atoms with Gasteiger partial charge in [-0.25, -0.2) is 9.78 Å². The number of thiazole rings is 1. The molecule has 8 heteroatoms. The van der Waals surface area contributed by atoms with Crippen molar-refractivity contribution in [2.45, 2.75) is 12.5 Å². The molecule has 0 bridgehead atoms. The number of nitrogens with zero attached hydrogens (tertiary/aromatic N) is 2. The topological polar surface area (TPSA) is 99.6 Å². The van der Waals surface area contributed by atoms with Crippen LogP contribution in [0.15, 0.2) is 5.51 Å². The summed E-state index contributed by atoms with van der Waals surface area (Å²) < 4.78 is 0. The number of carbonyl (C=O) groups excluding carboxylic acids is 2. The van der Waals surface area contributed by atoms with E-state index in [1.165, 1.54) is 12.6 Å². The number of carboxylic acids is 1. The van der Waals surface area contributed by atoms with Crippen LogP contribution in [0.4, 0.5) is 5.00 Å². The van der Waals surface area contributed by atoms with Gasteiger partial charge in [0.25, 0.3) is 5.91 Å². The molecule has 0 aromatic carbocycles. The van der Waals surface area contributed by atoms with E-state index in [9.17, 15) is 14.4 Å². The van der Waals surface area contributed by atoms with Crippen molar-refractivity contribution in [2.75, 3.05) is 12.4 Å². The predicted octanol–water partition coefficient (Wildman–Crippen LogP) is 0.0105. The minimum absolute atomic E-state index is 0.0340. The van der Waals surface area contributed by atoms with Gasteiger partial charge in [0.05, 0.1) is 11.9 Å². The van der Waals surface area contributed by atoms with Crippen molar-refractivity contribution >= 4 is 34.1 Å². The molecule has 1 atom stereocenters. The van der Waals surface area contributed by atoms with Crippen molar-refractivity contribution in [1.29, 1.82) is 0 Å². The standard InChI is InChI=1S/C9H9N3O4S/c1-12-5(13)2-4(8(12)14)11-7-6(9(15)16)10-3-17-7/h3-4,11H,2H2,1H3,(H,15,16). The number of hydrogen-bond donors (Lipinski definition) is 2. The molecule has 2 rings (SSSR count). The number of carboxylic acid groups (broad SMARTS) is 1. The third-order valence-electron chi connectivity index (χ3n) is 2.46. The van der Waals surface area contributed by atoms with Crippen molar-refractivity contribution in [1.82, 2.24) is 9.88 Å². The first-order chi connectivity index (χ1) is 8.00. The largest absolute Gasteiger partial charge is 0.476 e. The van der Waals surface area contributed by atoms with Gasteiger partial charge in [0.1, 0.15) is 11.0 Å². The van der Waals surface area contributed by atoms with E-state index in [1.54, 1.807) is 0 Å². The zero-order valence-electron chi connectivity index (χ0n) is 8.84. The second-order valence-corrected chi connectivity index (χ2v) is 4.38. The summed E-state index contributed by atoms with van der Waals surface area (Å²) in [5, 5.41) is 11.9. The molecule has 0 aliphatic carbocycles. The Bertz CT molecular complexity index is 498. The van der Waals surface area contributed by atoms with Gasteiger partial charge in [-0.15, -0.1) is 11.3 Å². The monoisotopic (exact) mass is 255 g/mol. The minimum Gasteiger partial charge on any atom is -0.476 e. The minimum atomic E-state index is -1.17. The molecule has 1 aliphatic rings.